The summed E-state index contributed by atoms with van der Waals surface area (Å²) in [5, 5.41) is 9.98. The Morgan fingerprint density at radius 1 is 0.400 bits per heavy atom. The van der Waals surface area contributed by atoms with Gasteiger partial charge in [0, 0.05) is 23.1 Å². The minimum absolute atomic E-state index is 0.315. The Hall–Kier alpha value is -7.14. The number of nitrogens with zero attached hydrogens (tertiary/aromatic N) is 1. The molecule has 24 heteroatoms. The number of carbonyl (C=O) groups is 1. The number of halogens is 20. The lowest BCUT2D eigenvalue weighted by Gasteiger charge is -2.44. The Bertz CT molecular complexity index is 2730. The van der Waals surface area contributed by atoms with Gasteiger partial charge < -0.3 is 5.11 Å². The third kappa shape index (κ3) is 7.42. The molecule has 65 heavy (non-hydrogen) atoms. The van der Waals surface area contributed by atoms with Crippen molar-refractivity contribution in [2.45, 2.75) is 6.54 Å². The molecule has 0 aliphatic carbocycles. The average molecular weight is 943 g/mol. The maximum Gasteiger partial charge on any atom is 0.335 e. The zero-order chi connectivity index (χ0) is 48.3. The first-order chi connectivity index (χ1) is 30.4. The molecule has 0 saturated heterocycles. The van der Waals surface area contributed by atoms with Crippen molar-refractivity contribution in [2.75, 3.05) is 0 Å². The van der Waals surface area contributed by atoms with E-state index in [4.69, 9.17) is 5.11 Å². The number of carboxylic acid groups (broad SMARTS) is 1. The van der Waals surface area contributed by atoms with Gasteiger partial charge in [-0.3, -0.25) is 0 Å². The Kier molecular flexibility index (Phi) is 12.7. The van der Waals surface area contributed by atoms with Gasteiger partial charge in [-0.25, -0.2) is 92.6 Å². The summed E-state index contributed by atoms with van der Waals surface area (Å²) in [6.07, 6.45) is -5.21. The predicted molar refractivity (Wildman–Crippen MR) is 186 cm³/mol. The van der Waals surface area contributed by atoms with E-state index in [1.54, 1.807) is 12.1 Å². The van der Waals surface area contributed by atoms with Crippen LogP contribution in [0, 0.1) is 116 Å². The molecule has 1 aromatic heterocycles. The van der Waals surface area contributed by atoms with E-state index < -0.39 is 150 Å². The summed E-state index contributed by atoms with van der Waals surface area (Å²) in [6, 6.07) is 19.3. The van der Waals surface area contributed by atoms with Gasteiger partial charge in [-0.15, -0.1) is 21.9 Å². The van der Waals surface area contributed by atoms with Crippen molar-refractivity contribution in [1.82, 2.24) is 0 Å². The normalized spacial score (nSPS) is 11.6. The van der Waals surface area contributed by atoms with Gasteiger partial charge in [0.15, 0.2) is 82.5 Å². The van der Waals surface area contributed by atoms with E-state index in [2.05, 4.69) is 16.7 Å². The molecule has 0 aliphatic rings. The second-order valence-corrected chi connectivity index (χ2v) is 13.5. The highest BCUT2D eigenvalue weighted by atomic mass is 19.2. The summed E-state index contributed by atoms with van der Waals surface area (Å²) < 4.78 is 296. The molecule has 0 aliphatic heterocycles. The third-order valence-corrected chi connectivity index (χ3v) is 10.0. The molecule has 0 unspecified atom stereocenters. The number of rotatable bonds is 7. The van der Waals surface area contributed by atoms with Crippen LogP contribution in [0.1, 0.15) is 15.9 Å². The minimum atomic E-state index is -7.22. The molecule has 0 spiro atoms. The molecule has 3 nitrogen and oxygen atoms in total. The first kappa shape index (κ1) is 47.3. The van der Waals surface area contributed by atoms with Gasteiger partial charge in [0.2, 0.25) is 5.52 Å². The number of aromatic nitrogens is 1. The maximum absolute atomic E-state index is 15.4. The summed E-state index contributed by atoms with van der Waals surface area (Å²) in [5.74, 6) is -72.3. The van der Waals surface area contributed by atoms with Crippen LogP contribution in [0.3, 0.4) is 0 Å². The number of aromatic carboxylic acids is 1. The summed E-state index contributed by atoms with van der Waals surface area (Å²) >= 11 is 0. The van der Waals surface area contributed by atoms with Crippen LogP contribution in [0.25, 0.3) is 10.9 Å². The fourth-order valence-electron chi connectivity index (χ4n) is 7.21. The molecule has 0 fully saturated rings. The molecular weight excluding hydrogens is 929 g/mol. The van der Waals surface area contributed by atoms with Crippen LogP contribution in [-0.4, -0.2) is 17.2 Å². The van der Waals surface area contributed by atoms with Gasteiger partial charge in [-0.05, 0) is 18.2 Å². The van der Waals surface area contributed by atoms with Gasteiger partial charge in [0.25, 0.3) is 0 Å². The van der Waals surface area contributed by atoms with Gasteiger partial charge in [0.1, 0.15) is 52.7 Å². The van der Waals surface area contributed by atoms with E-state index in [9.17, 15) is 57.5 Å². The lowest BCUT2D eigenvalue weighted by atomic mass is 9.12. The highest BCUT2D eigenvalue weighted by molar-refractivity contribution is 7.20. The SMILES string of the molecule is Fc1c(F)c(F)c([B-](c2c(F)c(F)c(F)c(F)c2F)(c2c(F)c(F)c(F)c(F)c2F)c2c(F)c(F)c(F)c(F)c2F)c(F)c1F.O=C(O)c1ccc2c(ccc[n+]2Cc2ccccc2)c1. The highest BCUT2D eigenvalue weighted by Crippen LogP contribution is 2.31. The van der Waals surface area contributed by atoms with Gasteiger partial charge in [-0.2, -0.15) is 4.57 Å². The van der Waals surface area contributed by atoms with Crippen molar-refractivity contribution in [3.05, 3.63) is 194 Å². The van der Waals surface area contributed by atoms with Gasteiger partial charge in [-0.1, -0.05) is 30.3 Å². The Morgan fingerprint density at radius 2 is 0.708 bits per heavy atom. The molecule has 0 amide bonds. The van der Waals surface area contributed by atoms with Crippen molar-refractivity contribution in [3.63, 3.8) is 0 Å². The number of benzene rings is 6. The Balaban J connectivity index is 0.000000289. The maximum atomic E-state index is 15.4. The third-order valence-electron chi connectivity index (χ3n) is 10.0. The predicted octanol–water partition coefficient (Wildman–Crippen LogP) is 8.72. The Labute approximate surface area is 347 Å². The number of fused-ring (bicyclic) bond motifs is 1. The molecule has 338 valence electrons. The van der Waals surface area contributed by atoms with Crippen molar-refractivity contribution >= 4 is 44.9 Å². The molecule has 1 N–H and O–H groups in total. The average Bonchev–Trinajstić information content (AvgIpc) is 3.29. The fraction of sp³-hybridized carbons (Fsp3) is 0.0244. The largest absolute Gasteiger partial charge is 0.478 e. The van der Waals surface area contributed by atoms with Crippen LogP contribution in [0.4, 0.5) is 87.8 Å². The zero-order valence-electron chi connectivity index (χ0n) is 31.0. The topological polar surface area (TPSA) is 41.2 Å². The first-order valence-corrected chi connectivity index (χ1v) is 17.4. The summed E-state index contributed by atoms with van der Waals surface area (Å²) in [5.41, 5.74) is -11.8. The van der Waals surface area contributed by atoms with Crippen molar-refractivity contribution < 1.29 is 102 Å². The monoisotopic (exact) mass is 943 g/mol. The number of hydrogen-bond donors (Lipinski definition) is 1. The fourth-order valence-corrected chi connectivity index (χ4v) is 7.21. The van der Waals surface area contributed by atoms with E-state index in [1.807, 2.05) is 42.6 Å². The molecule has 7 aromatic rings. The standard InChI is InChI=1S/C24BF20.C17H13NO2/c26-5-1(6(27)14(35)21(42)13(5)34)25(2-7(28)15(36)22(43)16(37)8(2)29,3-9(30)17(38)23(44)18(39)10(3)31)4-11(32)19(40)24(45)20(41)12(4)33;19-17(20)15-8-9-16-14(11-15)7-4-10-18(16)12-13-5-2-1-3-6-13/h;1-11H,12H2/q-1;/p+1. The highest BCUT2D eigenvalue weighted by Gasteiger charge is 2.52. The lowest BCUT2D eigenvalue weighted by molar-refractivity contribution is -0.662. The lowest BCUT2D eigenvalue weighted by Crippen LogP contribution is -2.81. The molecule has 1 heterocycles. The van der Waals surface area contributed by atoms with Crippen LogP contribution < -0.4 is 26.4 Å². The van der Waals surface area contributed by atoms with Crippen LogP contribution in [0.15, 0.2) is 66.9 Å². The summed E-state index contributed by atoms with van der Waals surface area (Å²) in [6.45, 7) is 0.768. The molecular formula is C41H14BF20NO2. The van der Waals surface area contributed by atoms with E-state index in [1.165, 1.54) is 5.56 Å². The minimum Gasteiger partial charge on any atom is -0.478 e. The van der Waals surface area contributed by atoms with Gasteiger partial charge in [0.05, 0.1) is 5.56 Å². The summed E-state index contributed by atoms with van der Waals surface area (Å²) in [4.78, 5) is 11.0. The second kappa shape index (κ2) is 17.4. The zero-order valence-corrected chi connectivity index (χ0v) is 31.0. The van der Waals surface area contributed by atoms with Crippen LogP contribution in [0.2, 0.25) is 0 Å². The van der Waals surface area contributed by atoms with Crippen LogP contribution >= 0.6 is 0 Å². The van der Waals surface area contributed by atoms with Crippen molar-refractivity contribution in [1.29, 1.82) is 0 Å². The summed E-state index contributed by atoms with van der Waals surface area (Å²) in [7, 11) is 0. The first-order valence-electron chi connectivity index (χ1n) is 17.4. The quantitative estimate of drug-likeness (QED) is 0.0572. The molecule has 0 saturated carbocycles. The van der Waals surface area contributed by atoms with E-state index in [0.717, 1.165) is 17.4 Å². The molecule has 0 atom stereocenters. The van der Waals surface area contributed by atoms with E-state index in [0.29, 0.717) is 5.56 Å². The molecule has 0 bridgehead atoms. The molecule has 0 radical (unpaired) electrons. The van der Waals surface area contributed by atoms with E-state index in [-0.39, 0.29) is 0 Å². The van der Waals surface area contributed by atoms with Crippen molar-refractivity contribution in [2.24, 2.45) is 0 Å². The van der Waals surface area contributed by atoms with Crippen LogP contribution in [0.5, 0.6) is 0 Å². The number of pyridine rings is 1. The van der Waals surface area contributed by atoms with E-state index >= 15 is 35.1 Å². The molecule has 6 aromatic carbocycles. The smallest absolute Gasteiger partial charge is 0.335 e. The van der Waals surface area contributed by atoms with Crippen LogP contribution in [-0.2, 0) is 6.54 Å². The van der Waals surface area contributed by atoms with Crippen molar-refractivity contribution in [3.8, 4) is 0 Å². The second-order valence-electron chi connectivity index (χ2n) is 13.5. The number of carboxylic acids is 1. The number of hydrogen-bond acceptors (Lipinski definition) is 1. The Morgan fingerprint density at radius 3 is 1.02 bits per heavy atom. The molecule has 7 rings (SSSR count). The van der Waals surface area contributed by atoms with Gasteiger partial charge >= 0.3 is 5.97 Å².